The molecule has 0 aromatic heterocycles. The Morgan fingerprint density at radius 1 is 1.53 bits per heavy atom. The van der Waals surface area contributed by atoms with Crippen LogP contribution < -0.4 is 0 Å². The number of aliphatic carboxylic acids is 1. The summed E-state index contributed by atoms with van der Waals surface area (Å²) in [6.45, 7) is 2.02. The summed E-state index contributed by atoms with van der Waals surface area (Å²) < 4.78 is 0. The third-order valence-electron chi connectivity index (χ3n) is 3.65. The SMILES string of the molecule is CCC[C@H](C(=O)O)[C@@H]1CCc2cc(O)ccc21. The fourth-order valence-corrected chi connectivity index (χ4v) is 2.86. The van der Waals surface area contributed by atoms with Gasteiger partial charge in [0.1, 0.15) is 5.75 Å². The highest BCUT2D eigenvalue weighted by atomic mass is 16.4. The van der Waals surface area contributed by atoms with Gasteiger partial charge in [-0.05, 0) is 48.4 Å². The number of phenolic OH excluding ortho intramolecular Hbond substituents is 1. The standard InChI is InChI=1S/C14H18O3/c1-2-3-13(14(16)17)12-6-4-9-8-10(15)5-7-11(9)12/h5,7-8,12-13,15H,2-4,6H2,1H3,(H,16,17)/t12-,13+/m1/s1. The van der Waals surface area contributed by atoms with Crippen molar-refractivity contribution in [2.24, 2.45) is 5.92 Å². The lowest BCUT2D eigenvalue weighted by Gasteiger charge is -2.20. The van der Waals surface area contributed by atoms with Crippen molar-refractivity contribution in [2.45, 2.75) is 38.5 Å². The summed E-state index contributed by atoms with van der Waals surface area (Å²) in [5, 5.41) is 18.7. The second kappa shape index (κ2) is 4.78. The van der Waals surface area contributed by atoms with Crippen molar-refractivity contribution < 1.29 is 15.0 Å². The van der Waals surface area contributed by atoms with Crippen molar-refractivity contribution >= 4 is 5.97 Å². The van der Waals surface area contributed by atoms with Crippen LogP contribution in [0.15, 0.2) is 18.2 Å². The van der Waals surface area contributed by atoms with Gasteiger partial charge in [0.05, 0.1) is 5.92 Å². The van der Waals surface area contributed by atoms with E-state index in [4.69, 9.17) is 0 Å². The molecule has 0 heterocycles. The van der Waals surface area contributed by atoms with Gasteiger partial charge in [-0.15, -0.1) is 0 Å². The molecule has 1 aliphatic rings. The lowest BCUT2D eigenvalue weighted by Crippen LogP contribution is -2.20. The number of carboxylic acid groups (broad SMARTS) is 1. The Morgan fingerprint density at radius 2 is 2.29 bits per heavy atom. The molecule has 2 N–H and O–H groups in total. The normalized spacial score (nSPS) is 19.9. The Bertz CT molecular complexity index is 425. The number of hydrogen-bond donors (Lipinski definition) is 2. The van der Waals surface area contributed by atoms with Crippen LogP contribution in [0.1, 0.15) is 43.2 Å². The van der Waals surface area contributed by atoms with E-state index in [-0.39, 0.29) is 17.6 Å². The van der Waals surface area contributed by atoms with Crippen LogP contribution in [0.5, 0.6) is 5.75 Å². The molecule has 0 fully saturated rings. The first-order valence-corrected chi connectivity index (χ1v) is 6.18. The van der Waals surface area contributed by atoms with Gasteiger partial charge in [0.15, 0.2) is 0 Å². The zero-order valence-electron chi connectivity index (χ0n) is 10.0. The van der Waals surface area contributed by atoms with E-state index in [1.807, 2.05) is 13.0 Å². The molecule has 0 radical (unpaired) electrons. The minimum absolute atomic E-state index is 0.114. The van der Waals surface area contributed by atoms with Crippen LogP contribution in [0, 0.1) is 5.92 Å². The van der Waals surface area contributed by atoms with Crippen LogP contribution in [-0.2, 0) is 11.2 Å². The van der Waals surface area contributed by atoms with E-state index in [1.54, 1.807) is 12.1 Å². The van der Waals surface area contributed by atoms with E-state index in [0.717, 1.165) is 36.8 Å². The van der Waals surface area contributed by atoms with E-state index in [2.05, 4.69) is 0 Å². The molecule has 0 amide bonds. The summed E-state index contributed by atoms with van der Waals surface area (Å²) in [6.07, 6.45) is 3.37. The third kappa shape index (κ3) is 2.28. The topological polar surface area (TPSA) is 57.5 Å². The predicted octanol–water partition coefficient (Wildman–Crippen LogP) is 2.92. The average molecular weight is 234 g/mol. The first-order chi connectivity index (χ1) is 8.13. The highest BCUT2D eigenvalue weighted by molar-refractivity contribution is 5.72. The molecule has 3 nitrogen and oxygen atoms in total. The van der Waals surface area contributed by atoms with Gasteiger partial charge >= 0.3 is 5.97 Å². The lowest BCUT2D eigenvalue weighted by atomic mass is 9.84. The molecule has 0 saturated heterocycles. The Labute approximate surface area is 101 Å². The summed E-state index contributed by atoms with van der Waals surface area (Å²) in [7, 11) is 0. The highest BCUT2D eigenvalue weighted by Gasteiger charge is 2.33. The van der Waals surface area contributed by atoms with Gasteiger partial charge in [-0.1, -0.05) is 19.4 Å². The highest BCUT2D eigenvalue weighted by Crippen LogP contribution is 2.41. The van der Waals surface area contributed by atoms with E-state index in [0.29, 0.717) is 0 Å². The van der Waals surface area contributed by atoms with Gasteiger partial charge in [-0.2, -0.15) is 0 Å². The van der Waals surface area contributed by atoms with E-state index in [9.17, 15) is 15.0 Å². The number of aromatic hydroxyl groups is 1. The maximum absolute atomic E-state index is 11.3. The van der Waals surface area contributed by atoms with Crippen LogP contribution in [0.3, 0.4) is 0 Å². The molecule has 3 heteroatoms. The molecule has 0 bridgehead atoms. The smallest absolute Gasteiger partial charge is 0.307 e. The molecule has 2 atom stereocenters. The largest absolute Gasteiger partial charge is 0.508 e. The first kappa shape index (κ1) is 12.0. The molecule has 1 aliphatic carbocycles. The summed E-state index contributed by atoms with van der Waals surface area (Å²) in [6, 6.07) is 5.30. The number of carboxylic acids is 1. The van der Waals surface area contributed by atoms with Crippen molar-refractivity contribution in [1.29, 1.82) is 0 Å². The fourth-order valence-electron chi connectivity index (χ4n) is 2.86. The summed E-state index contributed by atoms with van der Waals surface area (Å²) in [5.74, 6) is -0.599. The molecule has 0 spiro atoms. The summed E-state index contributed by atoms with van der Waals surface area (Å²) in [5.41, 5.74) is 2.22. The molecular formula is C14H18O3. The molecule has 0 saturated carbocycles. The van der Waals surface area contributed by atoms with Gasteiger partial charge in [-0.25, -0.2) is 0 Å². The Morgan fingerprint density at radius 3 is 2.94 bits per heavy atom. The van der Waals surface area contributed by atoms with Crippen molar-refractivity contribution in [3.63, 3.8) is 0 Å². The predicted molar refractivity (Wildman–Crippen MR) is 65.2 cm³/mol. The monoisotopic (exact) mass is 234 g/mol. The van der Waals surface area contributed by atoms with E-state index in [1.165, 1.54) is 0 Å². The Kier molecular flexibility index (Phi) is 3.36. The molecular weight excluding hydrogens is 216 g/mol. The fraction of sp³-hybridized carbons (Fsp3) is 0.500. The van der Waals surface area contributed by atoms with Crippen LogP contribution in [0.4, 0.5) is 0 Å². The van der Waals surface area contributed by atoms with Crippen LogP contribution in [0.2, 0.25) is 0 Å². The maximum atomic E-state index is 11.3. The van der Waals surface area contributed by atoms with Crippen molar-refractivity contribution in [1.82, 2.24) is 0 Å². The maximum Gasteiger partial charge on any atom is 0.307 e. The zero-order chi connectivity index (χ0) is 12.4. The second-order valence-corrected chi connectivity index (χ2v) is 4.76. The minimum Gasteiger partial charge on any atom is -0.508 e. The van der Waals surface area contributed by atoms with E-state index < -0.39 is 5.97 Å². The summed E-state index contributed by atoms with van der Waals surface area (Å²) >= 11 is 0. The third-order valence-corrected chi connectivity index (χ3v) is 3.65. The molecule has 2 rings (SSSR count). The van der Waals surface area contributed by atoms with Gasteiger partial charge in [0.2, 0.25) is 0 Å². The lowest BCUT2D eigenvalue weighted by molar-refractivity contribution is -0.142. The van der Waals surface area contributed by atoms with Crippen LogP contribution in [-0.4, -0.2) is 16.2 Å². The number of benzene rings is 1. The first-order valence-electron chi connectivity index (χ1n) is 6.18. The Balaban J connectivity index is 2.28. The second-order valence-electron chi connectivity index (χ2n) is 4.76. The molecule has 0 unspecified atom stereocenters. The number of hydrogen-bond acceptors (Lipinski definition) is 2. The number of rotatable bonds is 4. The average Bonchev–Trinajstić information content (AvgIpc) is 2.68. The summed E-state index contributed by atoms with van der Waals surface area (Å²) in [4.78, 5) is 11.3. The zero-order valence-corrected chi connectivity index (χ0v) is 10.0. The minimum atomic E-state index is -0.697. The Hall–Kier alpha value is -1.51. The van der Waals surface area contributed by atoms with Gasteiger partial charge in [0, 0.05) is 0 Å². The quantitative estimate of drug-likeness (QED) is 0.842. The molecule has 1 aromatic rings. The van der Waals surface area contributed by atoms with Crippen molar-refractivity contribution in [2.75, 3.05) is 0 Å². The number of phenols is 1. The molecule has 1 aromatic carbocycles. The number of fused-ring (bicyclic) bond motifs is 1. The number of aryl methyl sites for hydroxylation is 1. The van der Waals surface area contributed by atoms with Crippen LogP contribution >= 0.6 is 0 Å². The van der Waals surface area contributed by atoms with Gasteiger partial charge < -0.3 is 10.2 Å². The molecule has 17 heavy (non-hydrogen) atoms. The molecule has 92 valence electrons. The van der Waals surface area contributed by atoms with Crippen molar-refractivity contribution in [3.05, 3.63) is 29.3 Å². The van der Waals surface area contributed by atoms with Gasteiger partial charge in [0.25, 0.3) is 0 Å². The van der Waals surface area contributed by atoms with E-state index >= 15 is 0 Å². The van der Waals surface area contributed by atoms with Crippen molar-refractivity contribution in [3.8, 4) is 5.75 Å². The van der Waals surface area contributed by atoms with Crippen LogP contribution in [0.25, 0.3) is 0 Å². The molecule has 0 aliphatic heterocycles. The number of carbonyl (C=O) groups is 1. The van der Waals surface area contributed by atoms with Gasteiger partial charge in [-0.3, -0.25) is 4.79 Å².